The maximum atomic E-state index is 9.55. The minimum Gasteiger partial charge on any atom is -0.478 e. The third kappa shape index (κ3) is 13.0. The molecule has 4 N–H and O–H groups in total. The highest BCUT2D eigenvalue weighted by Gasteiger charge is 2.21. The molecule has 3 heterocycles. The van der Waals surface area contributed by atoms with Crippen LogP contribution < -0.4 is 0 Å². The predicted octanol–water partition coefficient (Wildman–Crippen LogP) is -0.959. The van der Waals surface area contributed by atoms with Gasteiger partial charge in [0.15, 0.2) is 0 Å². The van der Waals surface area contributed by atoms with Crippen molar-refractivity contribution in [1.82, 2.24) is 9.80 Å². The lowest BCUT2D eigenvalue weighted by molar-refractivity contribution is -0.134. The van der Waals surface area contributed by atoms with Crippen LogP contribution in [0.15, 0.2) is 24.3 Å². The van der Waals surface area contributed by atoms with Crippen LogP contribution in [0, 0.1) is 0 Å². The molecule has 3 aliphatic heterocycles. The van der Waals surface area contributed by atoms with Gasteiger partial charge in [-0.05, 0) is 0 Å². The van der Waals surface area contributed by atoms with E-state index in [1.807, 2.05) is 0 Å². The van der Waals surface area contributed by atoms with Gasteiger partial charge in [-0.3, -0.25) is 9.80 Å². The molecule has 0 saturated carbocycles. The first kappa shape index (κ1) is 21.3. The van der Waals surface area contributed by atoms with Crippen LogP contribution in [0.4, 0.5) is 0 Å². The lowest BCUT2D eigenvalue weighted by Crippen LogP contribution is -2.55. The average molecular weight is 344 g/mol. The van der Waals surface area contributed by atoms with E-state index in [0.717, 1.165) is 0 Å². The summed E-state index contributed by atoms with van der Waals surface area (Å²) in [5.41, 5.74) is 0. The molecule has 0 aromatic heterocycles. The van der Waals surface area contributed by atoms with Crippen molar-refractivity contribution in [2.45, 2.75) is 0 Å². The van der Waals surface area contributed by atoms with E-state index in [-0.39, 0.29) is 0 Å². The smallest absolute Gasteiger partial charge is 0.328 e. The Labute approximate surface area is 137 Å². The van der Waals surface area contributed by atoms with E-state index in [0.29, 0.717) is 24.3 Å². The number of hydrogen-bond acceptors (Lipinski definition) is 6. The molecule has 2 bridgehead atoms. The minimum atomic E-state index is -1.26. The van der Waals surface area contributed by atoms with Gasteiger partial charge in [0, 0.05) is 63.6 Å². The first-order valence-corrected chi connectivity index (χ1v) is 6.93. The van der Waals surface area contributed by atoms with Gasteiger partial charge in [0.25, 0.3) is 0 Å². The number of carboxylic acids is 4. The monoisotopic (exact) mass is 344 g/mol. The SMILES string of the molecule is C1CN2CCN1CC2.O=C(O)C=CC(=O)O.O=C(O)C=CC(=O)O. The van der Waals surface area contributed by atoms with Gasteiger partial charge in [-0.1, -0.05) is 0 Å². The molecule has 3 aliphatic rings. The third-order valence-electron chi connectivity index (χ3n) is 2.93. The van der Waals surface area contributed by atoms with Crippen LogP contribution in [0.2, 0.25) is 0 Å². The van der Waals surface area contributed by atoms with Crippen LogP contribution in [0.3, 0.4) is 0 Å². The van der Waals surface area contributed by atoms with Crippen LogP contribution >= 0.6 is 0 Å². The summed E-state index contributed by atoms with van der Waals surface area (Å²) in [5, 5.41) is 31.2. The van der Waals surface area contributed by atoms with Gasteiger partial charge in [-0.15, -0.1) is 0 Å². The van der Waals surface area contributed by atoms with E-state index in [1.165, 1.54) is 39.3 Å². The lowest BCUT2D eigenvalue weighted by atomic mass is 10.2. The van der Waals surface area contributed by atoms with Gasteiger partial charge in [-0.25, -0.2) is 19.2 Å². The molecule has 0 aromatic rings. The largest absolute Gasteiger partial charge is 0.478 e. The number of carbonyl (C=O) groups is 4. The summed E-state index contributed by atoms with van der Waals surface area (Å²) in [4.78, 5) is 43.3. The molecule has 0 unspecified atom stereocenters. The van der Waals surface area contributed by atoms with E-state index in [9.17, 15) is 19.2 Å². The van der Waals surface area contributed by atoms with Crippen LogP contribution in [0.5, 0.6) is 0 Å². The van der Waals surface area contributed by atoms with Crippen molar-refractivity contribution in [2.24, 2.45) is 0 Å². The van der Waals surface area contributed by atoms with E-state index >= 15 is 0 Å². The summed E-state index contributed by atoms with van der Waals surface area (Å²) in [6.07, 6.45) is 2.23. The fourth-order valence-electron chi connectivity index (χ4n) is 1.80. The van der Waals surface area contributed by atoms with Gasteiger partial charge in [0.2, 0.25) is 0 Å². The molecule has 10 nitrogen and oxygen atoms in total. The van der Waals surface area contributed by atoms with Gasteiger partial charge >= 0.3 is 23.9 Å². The number of piperazine rings is 3. The lowest BCUT2D eigenvalue weighted by Gasteiger charge is -2.41. The number of aliphatic carboxylic acids is 4. The Hall–Kier alpha value is -2.72. The molecule has 0 atom stereocenters. The highest BCUT2D eigenvalue weighted by atomic mass is 16.4. The minimum absolute atomic E-state index is 0.558. The molecule has 3 saturated heterocycles. The van der Waals surface area contributed by atoms with Gasteiger partial charge in [0.1, 0.15) is 0 Å². The maximum absolute atomic E-state index is 9.55. The number of nitrogens with zero attached hydrogens (tertiary/aromatic N) is 2. The van der Waals surface area contributed by atoms with Crippen molar-refractivity contribution >= 4 is 23.9 Å². The van der Waals surface area contributed by atoms with E-state index in [2.05, 4.69) is 9.80 Å². The standard InChI is InChI=1S/C6H12N2.2C4H4O4/c1-2-8-5-3-7(1)4-6-8;2*5-3(6)1-2-4(7)8/h1-6H2;2*1-2H,(H,5,6)(H,7,8). The number of hydrogen-bond donors (Lipinski definition) is 4. The molecule has 3 rings (SSSR count). The Morgan fingerprint density at radius 3 is 0.750 bits per heavy atom. The van der Waals surface area contributed by atoms with Crippen LogP contribution in [-0.2, 0) is 19.2 Å². The third-order valence-corrected chi connectivity index (χ3v) is 2.93. The highest BCUT2D eigenvalue weighted by molar-refractivity contribution is 5.90. The average Bonchev–Trinajstić information content (AvgIpc) is 2.54. The summed E-state index contributed by atoms with van der Waals surface area (Å²) < 4.78 is 0. The van der Waals surface area contributed by atoms with Gasteiger partial charge in [0.05, 0.1) is 0 Å². The summed E-state index contributed by atoms with van der Waals surface area (Å²) in [7, 11) is 0. The maximum Gasteiger partial charge on any atom is 0.328 e. The molecule has 0 aromatic carbocycles. The molecule has 0 amide bonds. The first-order chi connectivity index (χ1) is 11.2. The zero-order chi connectivity index (χ0) is 18.5. The van der Waals surface area contributed by atoms with Crippen molar-refractivity contribution in [3.05, 3.63) is 24.3 Å². The van der Waals surface area contributed by atoms with Crippen molar-refractivity contribution < 1.29 is 39.6 Å². The topological polar surface area (TPSA) is 156 Å². The second-order valence-electron chi connectivity index (χ2n) is 4.70. The predicted molar refractivity (Wildman–Crippen MR) is 81.7 cm³/mol. The molecular weight excluding hydrogens is 324 g/mol. The summed E-state index contributed by atoms with van der Waals surface area (Å²) in [5.74, 6) is -5.03. The molecule has 0 radical (unpaired) electrons. The van der Waals surface area contributed by atoms with Crippen molar-refractivity contribution in [3.63, 3.8) is 0 Å². The molecule has 134 valence electrons. The van der Waals surface area contributed by atoms with Crippen molar-refractivity contribution in [3.8, 4) is 0 Å². The van der Waals surface area contributed by atoms with Gasteiger partial charge < -0.3 is 20.4 Å². The fraction of sp³-hybridized carbons (Fsp3) is 0.429. The second kappa shape index (κ2) is 11.8. The number of carboxylic acid groups (broad SMARTS) is 4. The molecular formula is C14H20N2O8. The van der Waals surface area contributed by atoms with Crippen LogP contribution in [0.25, 0.3) is 0 Å². The Kier molecular flexibility index (Phi) is 10.5. The quantitative estimate of drug-likeness (QED) is 0.468. The Morgan fingerprint density at radius 1 is 0.500 bits per heavy atom. The van der Waals surface area contributed by atoms with E-state index < -0.39 is 23.9 Å². The molecule has 3 fully saturated rings. The Morgan fingerprint density at radius 2 is 0.667 bits per heavy atom. The first-order valence-electron chi connectivity index (χ1n) is 6.93. The second-order valence-corrected chi connectivity index (χ2v) is 4.70. The van der Waals surface area contributed by atoms with Crippen LogP contribution in [0.1, 0.15) is 0 Å². The number of rotatable bonds is 4. The fourth-order valence-corrected chi connectivity index (χ4v) is 1.80. The van der Waals surface area contributed by atoms with E-state index in [4.69, 9.17) is 20.4 Å². The molecule has 10 heteroatoms. The number of fused-ring (bicyclic) bond motifs is 3. The van der Waals surface area contributed by atoms with Crippen molar-refractivity contribution in [1.29, 1.82) is 0 Å². The molecule has 0 spiro atoms. The molecule has 24 heavy (non-hydrogen) atoms. The van der Waals surface area contributed by atoms with Crippen LogP contribution in [-0.4, -0.2) is 93.4 Å². The van der Waals surface area contributed by atoms with Gasteiger partial charge in [-0.2, -0.15) is 0 Å². The Balaban J connectivity index is 0.000000331. The Bertz CT molecular complexity index is 418. The van der Waals surface area contributed by atoms with Crippen molar-refractivity contribution in [2.75, 3.05) is 39.3 Å². The summed E-state index contributed by atoms with van der Waals surface area (Å²) in [6.45, 7) is 7.92. The van der Waals surface area contributed by atoms with E-state index in [1.54, 1.807) is 0 Å². The zero-order valence-electron chi connectivity index (χ0n) is 12.9. The summed E-state index contributed by atoms with van der Waals surface area (Å²) >= 11 is 0. The highest BCUT2D eigenvalue weighted by Crippen LogP contribution is 2.06. The normalized spacial score (nSPS) is 21.3. The molecule has 0 aliphatic carbocycles. The zero-order valence-corrected chi connectivity index (χ0v) is 12.9. The summed E-state index contributed by atoms with van der Waals surface area (Å²) in [6, 6.07) is 0.